The number of carbonyl (C=O) groups is 1. The number of carbonyl (C=O) groups excluding carboxylic acids is 1. The summed E-state index contributed by atoms with van der Waals surface area (Å²) in [6.07, 6.45) is 4.94. The Bertz CT molecular complexity index is 430. The van der Waals surface area contributed by atoms with Gasteiger partial charge in [-0.15, -0.1) is 24.0 Å². The lowest BCUT2D eigenvalue weighted by Crippen LogP contribution is -2.47. The van der Waals surface area contributed by atoms with Crippen LogP contribution in [0.4, 0.5) is 0 Å². The number of hydrogen-bond donors (Lipinski definition) is 2. The van der Waals surface area contributed by atoms with Gasteiger partial charge in [-0.05, 0) is 45.1 Å². The molecule has 26 heavy (non-hydrogen) atoms. The first-order valence-electron chi connectivity index (χ1n) is 9.80. The second-order valence-electron chi connectivity index (χ2n) is 7.02. The standard InChI is InChI=1S/C18H35N5O2.HI/c1-2-20-18(23-9-5-6-16(15-23)14-17(19)24)21-7-3-4-8-22-10-12-25-13-11-22;/h16H,2-15H2,1H3,(H2,19,24)(H,20,21);1H. The molecule has 2 heterocycles. The Kier molecular flexibility index (Phi) is 12.2. The largest absolute Gasteiger partial charge is 0.379 e. The van der Waals surface area contributed by atoms with Crippen molar-refractivity contribution in [1.29, 1.82) is 0 Å². The number of ether oxygens (including phenoxy) is 1. The smallest absolute Gasteiger partial charge is 0.217 e. The van der Waals surface area contributed by atoms with Gasteiger partial charge in [-0.2, -0.15) is 0 Å². The Labute approximate surface area is 175 Å². The van der Waals surface area contributed by atoms with E-state index >= 15 is 0 Å². The summed E-state index contributed by atoms with van der Waals surface area (Å²) in [5, 5.41) is 3.40. The number of guanidine groups is 1. The van der Waals surface area contributed by atoms with Crippen molar-refractivity contribution in [2.24, 2.45) is 16.6 Å². The fourth-order valence-electron chi connectivity index (χ4n) is 3.59. The van der Waals surface area contributed by atoms with E-state index in [9.17, 15) is 4.79 Å². The van der Waals surface area contributed by atoms with Gasteiger partial charge in [0.15, 0.2) is 5.96 Å². The number of piperidine rings is 1. The molecule has 152 valence electrons. The summed E-state index contributed by atoms with van der Waals surface area (Å²) >= 11 is 0. The number of amides is 1. The Morgan fingerprint density at radius 3 is 2.73 bits per heavy atom. The normalized spacial score (nSPS) is 22.0. The topological polar surface area (TPSA) is 83.2 Å². The fourth-order valence-corrected chi connectivity index (χ4v) is 3.59. The van der Waals surface area contributed by atoms with Gasteiger partial charge in [-0.25, -0.2) is 0 Å². The molecular weight excluding hydrogens is 445 g/mol. The van der Waals surface area contributed by atoms with Crippen LogP contribution in [0.2, 0.25) is 0 Å². The first kappa shape index (κ1) is 23.4. The number of likely N-dealkylation sites (tertiary alicyclic amines) is 1. The van der Waals surface area contributed by atoms with Crippen LogP contribution in [0.25, 0.3) is 0 Å². The van der Waals surface area contributed by atoms with E-state index in [0.717, 1.165) is 84.2 Å². The lowest BCUT2D eigenvalue weighted by molar-refractivity contribution is -0.119. The van der Waals surface area contributed by atoms with E-state index in [2.05, 4.69) is 22.0 Å². The van der Waals surface area contributed by atoms with Gasteiger partial charge in [0.1, 0.15) is 0 Å². The first-order chi connectivity index (χ1) is 12.2. The van der Waals surface area contributed by atoms with Gasteiger partial charge in [-0.3, -0.25) is 14.7 Å². The van der Waals surface area contributed by atoms with Crippen molar-refractivity contribution in [1.82, 2.24) is 15.1 Å². The zero-order chi connectivity index (χ0) is 17.9. The molecule has 0 aromatic heterocycles. The van der Waals surface area contributed by atoms with Crippen molar-refractivity contribution in [3.8, 4) is 0 Å². The summed E-state index contributed by atoms with van der Waals surface area (Å²) in [7, 11) is 0. The molecule has 2 aliphatic heterocycles. The number of primary amides is 1. The Morgan fingerprint density at radius 1 is 1.27 bits per heavy atom. The van der Waals surface area contributed by atoms with Crippen LogP contribution in [0.5, 0.6) is 0 Å². The van der Waals surface area contributed by atoms with Gasteiger partial charge >= 0.3 is 0 Å². The molecule has 0 radical (unpaired) electrons. The number of aliphatic imine (C=N–C) groups is 1. The van der Waals surface area contributed by atoms with Crippen molar-refractivity contribution in [2.75, 3.05) is 59.0 Å². The van der Waals surface area contributed by atoms with Crippen LogP contribution in [0.15, 0.2) is 4.99 Å². The van der Waals surface area contributed by atoms with Crippen LogP contribution in [0.3, 0.4) is 0 Å². The van der Waals surface area contributed by atoms with Crippen LogP contribution >= 0.6 is 24.0 Å². The second kappa shape index (κ2) is 13.5. The van der Waals surface area contributed by atoms with Gasteiger partial charge in [0.2, 0.25) is 5.91 Å². The van der Waals surface area contributed by atoms with E-state index in [1.54, 1.807) is 0 Å². The third-order valence-corrected chi connectivity index (χ3v) is 4.89. The minimum atomic E-state index is -0.197. The van der Waals surface area contributed by atoms with E-state index in [-0.39, 0.29) is 29.9 Å². The molecule has 1 unspecified atom stereocenters. The Balaban J connectivity index is 0.00000338. The highest BCUT2D eigenvalue weighted by Gasteiger charge is 2.23. The number of unbranched alkanes of at least 4 members (excludes halogenated alkanes) is 1. The molecule has 2 saturated heterocycles. The zero-order valence-corrected chi connectivity index (χ0v) is 18.5. The molecule has 1 atom stereocenters. The maximum atomic E-state index is 11.2. The summed E-state index contributed by atoms with van der Waals surface area (Å²) in [6.45, 7) is 10.7. The summed E-state index contributed by atoms with van der Waals surface area (Å²) in [5.41, 5.74) is 5.36. The van der Waals surface area contributed by atoms with Crippen molar-refractivity contribution in [3.63, 3.8) is 0 Å². The quantitative estimate of drug-likeness (QED) is 0.236. The number of nitrogens with one attached hydrogen (secondary N) is 1. The predicted molar refractivity (Wildman–Crippen MR) is 116 cm³/mol. The second-order valence-corrected chi connectivity index (χ2v) is 7.02. The molecule has 0 spiro atoms. The minimum absolute atomic E-state index is 0. The number of morpholine rings is 1. The highest BCUT2D eigenvalue weighted by atomic mass is 127. The summed E-state index contributed by atoms with van der Waals surface area (Å²) in [6, 6.07) is 0. The maximum absolute atomic E-state index is 11.2. The van der Waals surface area contributed by atoms with Crippen LogP contribution in [0.1, 0.15) is 39.0 Å². The lowest BCUT2D eigenvalue weighted by atomic mass is 9.95. The molecule has 2 rings (SSSR count). The molecule has 1 amide bonds. The third-order valence-electron chi connectivity index (χ3n) is 4.89. The average Bonchev–Trinajstić information content (AvgIpc) is 2.61. The molecule has 3 N–H and O–H groups in total. The van der Waals surface area contributed by atoms with Crippen LogP contribution < -0.4 is 11.1 Å². The van der Waals surface area contributed by atoms with Crippen molar-refractivity contribution in [3.05, 3.63) is 0 Å². The molecule has 0 bridgehead atoms. The minimum Gasteiger partial charge on any atom is -0.379 e. The Morgan fingerprint density at radius 2 is 2.04 bits per heavy atom. The number of nitrogens with zero attached hydrogens (tertiary/aromatic N) is 3. The van der Waals surface area contributed by atoms with Gasteiger partial charge < -0.3 is 20.7 Å². The van der Waals surface area contributed by atoms with E-state index in [1.165, 1.54) is 6.42 Å². The van der Waals surface area contributed by atoms with E-state index in [4.69, 9.17) is 15.5 Å². The van der Waals surface area contributed by atoms with Gasteiger partial charge in [0, 0.05) is 45.7 Å². The maximum Gasteiger partial charge on any atom is 0.217 e. The van der Waals surface area contributed by atoms with Gasteiger partial charge in [0.05, 0.1) is 13.2 Å². The SMILES string of the molecule is CCNC(=NCCCCN1CCOCC1)N1CCCC(CC(N)=O)C1.I. The van der Waals surface area contributed by atoms with Crippen LogP contribution in [0, 0.1) is 5.92 Å². The van der Waals surface area contributed by atoms with E-state index < -0.39 is 0 Å². The van der Waals surface area contributed by atoms with Crippen LogP contribution in [-0.2, 0) is 9.53 Å². The Hall–Kier alpha value is -0.610. The third kappa shape index (κ3) is 8.85. The van der Waals surface area contributed by atoms with E-state index in [0.29, 0.717) is 12.3 Å². The molecule has 7 nitrogen and oxygen atoms in total. The van der Waals surface area contributed by atoms with Crippen molar-refractivity contribution >= 4 is 35.8 Å². The number of halogens is 1. The monoisotopic (exact) mass is 481 g/mol. The summed E-state index contributed by atoms with van der Waals surface area (Å²) in [5.74, 6) is 1.15. The number of hydrogen-bond acceptors (Lipinski definition) is 4. The predicted octanol–water partition coefficient (Wildman–Crippen LogP) is 1.27. The summed E-state index contributed by atoms with van der Waals surface area (Å²) < 4.78 is 5.38. The van der Waals surface area contributed by atoms with Crippen LogP contribution in [-0.4, -0.2) is 80.7 Å². The average molecular weight is 481 g/mol. The molecule has 2 fully saturated rings. The molecule has 0 aromatic rings. The zero-order valence-electron chi connectivity index (χ0n) is 16.1. The molecule has 8 heteroatoms. The van der Waals surface area contributed by atoms with Gasteiger partial charge in [-0.1, -0.05) is 0 Å². The van der Waals surface area contributed by atoms with Crippen molar-refractivity contribution in [2.45, 2.75) is 39.0 Å². The molecular formula is C18H36IN5O2. The first-order valence-corrected chi connectivity index (χ1v) is 9.80. The highest BCUT2D eigenvalue weighted by molar-refractivity contribution is 14.0. The molecule has 0 saturated carbocycles. The van der Waals surface area contributed by atoms with E-state index in [1.807, 2.05) is 0 Å². The fraction of sp³-hybridized carbons (Fsp3) is 0.889. The molecule has 0 aromatic carbocycles. The molecule has 2 aliphatic rings. The lowest BCUT2D eigenvalue weighted by Gasteiger charge is -2.34. The molecule has 0 aliphatic carbocycles. The highest BCUT2D eigenvalue weighted by Crippen LogP contribution is 2.19. The van der Waals surface area contributed by atoms with Crippen molar-refractivity contribution < 1.29 is 9.53 Å². The van der Waals surface area contributed by atoms with Gasteiger partial charge in [0.25, 0.3) is 0 Å². The summed E-state index contributed by atoms with van der Waals surface area (Å²) in [4.78, 5) is 20.8. The number of nitrogens with two attached hydrogens (primary N) is 1. The number of rotatable bonds is 8.